The van der Waals surface area contributed by atoms with Gasteiger partial charge in [-0.05, 0) is 36.8 Å². The molecule has 0 radical (unpaired) electrons. The molecule has 0 spiro atoms. The van der Waals surface area contributed by atoms with E-state index in [1.807, 2.05) is 30.3 Å². The Morgan fingerprint density at radius 3 is 2.39 bits per heavy atom. The van der Waals surface area contributed by atoms with Crippen LogP contribution in [0.1, 0.15) is 39.5 Å². The summed E-state index contributed by atoms with van der Waals surface area (Å²) in [6.45, 7) is 1.78. The van der Waals surface area contributed by atoms with E-state index < -0.39 is 29.6 Å². The van der Waals surface area contributed by atoms with Gasteiger partial charge < -0.3 is 14.9 Å². The maximum absolute atomic E-state index is 13.1. The number of phenols is 1. The number of rotatable bonds is 2. The molecule has 166 valence electrons. The minimum Gasteiger partial charge on any atom is -0.507 e. The highest BCUT2D eigenvalue weighted by Gasteiger charge is 2.31. The van der Waals surface area contributed by atoms with Crippen LogP contribution >= 0.6 is 0 Å². The predicted molar refractivity (Wildman–Crippen MR) is 117 cm³/mol. The first-order chi connectivity index (χ1) is 15.6. The number of carbonyl (C=O) groups is 1. The summed E-state index contributed by atoms with van der Waals surface area (Å²) < 4.78 is 45.2. The second-order valence-electron chi connectivity index (χ2n) is 7.41. The fourth-order valence-electron chi connectivity index (χ4n) is 3.67. The van der Waals surface area contributed by atoms with Crippen LogP contribution in [0.5, 0.6) is 11.5 Å². The Morgan fingerprint density at radius 1 is 1.00 bits per heavy atom. The topological polar surface area (TPSA) is 66.8 Å². The Bertz CT molecular complexity index is 1330. The average molecular weight is 450 g/mol. The zero-order chi connectivity index (χ0) is 23.8. The van der Waals surface area contributed by atoms with Gasteiger partial charge in [0.15, 0.2) is 0 Å². The molecular formula is C26H17F3O4. The molecule has 0 aromatic heterocycles. The maximum atomic E-state index is 13.1. The molecule has 1 atom stereocenters. The summed E-state index contributed by atoms with van der Waals surface area (Å²) in [6.07, 6.45) is -5.01. The highest BCUT2D eigenvalue weighted by molar-refractivity contribution is 6.04. The van der Waals surface area contributed by atoms with Crippen molar-refractivity contribution >= 4 is 17.1 Å². The molecule has 3 aromatic rings. The lowest BCUT2D eigenvalue weighted by Gasteiger charge is -2.28. The van der Waals surface area contributed by atoms with E-state index in [-0.39, 0.29) is 16.9 Å². The molecule has 4 nitrogen and oxygen atoms in total. The lowest BCUT2D eigenvalue weighted by atomic mass is 9.88. The number of alkyl halides is 3. The molecule has 0 saturated heterocycles. The number of benzene rings is 3. The Labute approximate surface area is 187 Å². The van der Waals surface area contributed by atoms with E-state index in [9.17, 15) is 28.2 Å². The minimum absolute atomic E-state index is 0.155. The molecular weight excluding hydrogens is 433 g/mol. The molecule has 0 bridgehead atoms. The van der Waals surface area contributed by atoms with Crippen molar-refractivity contribution in [3.8, 4) is 23.3 Å². The van der Waals surface area contributed by atoms with Crippen LogP contribution in [-0.4, -0.2) is 22.3 Å². The zero-order valence-electron chi connectivity index (χ0n) is 17.3. The van der Waals surface area contributed by atoms with Crippen molar-refractivity contribution in [2.75, 3.05) is 0 Å². The highest BCUT2D eigenvalue weighted by Crippen LogP contribution is 2.42. The monoisotopic (exact) mass is 450 g/mol. The Balaban J connectivity index is 1.95. The largest absolute Gasteiger partial charge is 0.507 e. The average Bonchev–Trinajstić information content (AvgIpc) is 2.76. The quantitative estimate of drug-likeness (QED) is 0.481. The predicted octanol–water partition coefficient (Wildman–Crippen LogP) is 5.85. The number of hydrogen-bond donors (Lipinski definition) is 2. The first-order valence-corrected chi connectivity index (χ1v) is 9.91. The Hall–Kier alpha value is -4.18. The normalized spacial score (nSPS) is 15.2. The number of hydrogen-bond acceptors (Lipinski definition) is 3. The number of carboxylic acid groups (broad SMARTS) is 1. The molecule has 0 fully saturated rings. The molecule has 3 aromatic carbocycles. The molecule has 0 amide bonds. The first-order valence-electron chi connectivity index (χ1n) is 9.91. The van der Waals surface area contributed by atoms with Gasteiger partial charge in [0, 0.05) is 28.3 Å². The van der Waals surface area contributed by atoms with Gasteiger partial charge in [-0.1, -0.05) is 48.2 Å². The van der Waals surface area contributed by atoms with E-state index >= 15 is 0 Å². The van der Waals surface area contributed by atoms with Crippen LogP contribution in [0.15, 0.2) is 66.7 Å². The maximum Gasteiger partial charge on any atom is 0.416 e. The molecule has 1 heterocycles. The second-order valence-corrected chi connectivity index (χ2v) is 7.41. The van der Waals surface area contributed by atoms with E-state index in [1.165, 1.54) is 24.3 Å². The van der Waals surface area contributed by atoms with Crippen LogP contribution in [0, 0.1) is 11.8 Å². The van der Waals surface area contributed by atoms with Gasteiger partial charge in [0.05, 0.1) is 5.56 Å². The van der Waals surface area contributed by atoms with Crippen LogP contribution < -0.4 is 4.74 Å². The summed E-state index contributed by atoms with van der Waals surface area (Å²) in [4.78, 5) is 11.6. The van der Waals surface area contributed by atoms with Gasteiger partial charge >= 0.3 is 12.1 Å². The van der Waals surface area contributed by atoms with E-state index in [0.29, 0.717) is 16.7 Å². The Kier molecular flexibility index (Phi) is 5.60. The third kappa shape index (κ3) is 4.41. The van der Waals surface area contributed by atoms with Gasteiger partial charge in [0.2, 0.25) is 0 Å². The molecule has 0 aliphatic carbocycles. The van der Waals surface area contributed by atoms with Crippen molar-refractivity contribution in [2.24, 2.45) is 0 Å². The smallest absolute Gasteiger partial charge is 0.416 e. The summed E-state index contributed by atoms with van der Waals surface area (Å²) in [5.74, 6) is 4.17. The van der Waals surface area contributed by atoms with E-state index in [2.05, 4.69) is 11.8 Å². The Morgan fingerprint density at radius 2 is 1.73 bits per heavy atom. The van der Waals surface area contributed by atoms with Crippen molar-refractivity contribution in [1.29, 1.82) is 0 Å². The van der Waals surface area contributed by atoms with Gasteiger partial charge in [-0.2, -0.15) is 13.2 Å². The lowest BCUT2D eigenvalue weighted by Crippen LogP contribution is -2.21. The molecule has 1 aliphatic heterocycles. The van der Waals surface area contributed by atoms with Crippen molar-refractivity contribution in [2.45, 2.75) is 19.2 Å². The SMILES string of the molecule is CC1Oc2cc(O)c(C(=O)O)cc2C(C#Cc2cccc(C(F)(F)F)c2)=C1c1ccccc1. The number of aromatic hydroxyl groups is 1. The molecule has 33 heavy (non-hydrogen) atoms. The standard InChI is InChI=1S/C26H17F3O4/c1-15-24(17-7-3-2-4-8-17)19(11-10-16-6-5-9-18(12-16)26(27,28)29)20-13-21(25(31)32)22(30)14-23(20)33-15/h2-9,12-15,30H,1H3,(H,31,32). The van der Waals surface area contributed by atoms with E-state index in [1.54, 1.807) is 6.92 Å². The number of ether oxygens (including phenoxy) is 1. The van der Waals surface area contributed by atoms with Crippen LogP contribution in [0.3, 0.4) is 0 Å². The van der Waals surface area contributed by atoms with Crippen molar-refractivity contribution in [1.82, 2.24) is 0 Å². The van der Waals surface area contributed by atoms with Crippen LogP contribution in [0.2, 0.25) is 0 Å². The third-order valence-electron chi connectivity index (χ3n) is 5.18. The molecule has 1 unspecified atom stereocenters. The third-order valence-corrected chi connectivity index (χ3v) is 5.18. The van der Waals surface area contributed by atoms with Gasteiger partial charge in [0.1, 0.15) is 23.2 Å². The van der Waals surface area contributed by atoms with Gasteiger partial charge in [-0.25, -0.2) is 4.79 Å². The summed E-state index contributed by atoms with van der Waals surface area (Å²) >= 11 is 0. The summed E-state index contributed by atoms with van der Waals surface area (Å²) in [5.41, 5.74) is 1.18. The molecule has 1 aliphatic rings. The number of fused-ring (bicyclic) bond motifs is 1. The van der Waals surface area contributed by atoms with Gasteiger partial charge in [-0.3, -0.25) is 0 Å². The molecule has 4 rings (SSSR count). The van der Waals surface area contributed by atoms with Crippen molar-refractivity contribution in [3.63, 3.8) is 0 Å². The lowest BCUT2D eigenvalue weighted by molar-refractivity contribution is -0.137. The van der Waals surface area contributed by atoms with Crippen LogP contribution in [-0.2, 0) is 6.18 Å². The van der Waals surface area contributed by atoms with Gasteiger partial charge in [0.25, 0.3) is 0 Å². The van der Waals surface area contributed by atoms with E-state index in [4.69, 9.17) is 4.74 Å². The number of carboxylic acids is 1. The number of aromatic carboxylic acids is 1. The van der Waals surface area contributed by atoms with Crippen molar-refractivity contribution < 1.29 is 32.9 Å². The summed E-state index contributed by atoms with van der Waals surface area (Å²) in [7, 11) is 0. The molecule has 0 saturated carbocycles. The molecule has 2 N–H and O–H groups in total. The first kappa shape index (κ1) is 22.0. The number of allylic oxidation sites excluding steroid dienone is 1. The fourth-order valence-corrected chi connectivity index (χ4v) is 3.67. The van der Waals surface area contributed by atoms with E-state index in [0.717, 1.165) is 17.7 Å². The summed E-state index contributed by atoms with van der Waals surface area (Å²) in [6, 6.07) is 16.3. The second kappa shape index (κ2) is 8.40. The number of halogens is 3. The van der Waals surface area contributed by atoms with Crippen molar-refractivity contribution in [3.05, 3.63) is 94.5 Å². The fraction of sp³-hybridized carbons (Fsp3) is 0.115. The minimum atomic E-state index is -4.50. The zero-order valence-corrected chi connectivity index (χ0v) is 17.3. The van der Waals surface area contributed by atoms with Crippen LogP contribution in [0.25, 0.3) is 11.1 Å². The van der Waals surface area contributed by atoms with Gasteiger partial charge in [-0.15, -0.1) is 0 Å². The molecule has 7 heteroatoms. The highest BCUT2D eigenvalue weighted by atomic mass is 19.4. The summed E-state index contributed by atoms with van der Waals surface area (Å²) in [5, 5.41) is 19.5. The van der Waals surface area contributed by atoms with Crippen LogP contribution in [0.4, 0.5) is 13.2 Å².